The molecule has 8 heteroatoms. The van der Waals surface area contributed by atoms with Crippen LogP contribution in [-0.4, -0.2) is 45.2 Å². The number of aromatic nitrogens is 5. The van der Waals surface area contributed by atoms with E-state index in [9.17, 15) is 0 Å². The monoisotopic (exact) mass is 277 g/mol. The summed E-state index contributed by atoms with van der Waals surface area (Å²) >= 11 is 0. The van der Waals surface area contributed by atoms with Crippen molar-refractivity contribution in [2.24, 2.45) is 0 Å². The van der Waals surface area contributed by atoms with E-state index in [2.05, 4.69) is 37.8 Å². The minimum Gasteiger partial charge on any atom is -0.490 e. The van der Waals surface area contributed by atoms with Gasteiger partial charge in [-0.2, -0.15) is 0 Å². The molecule has 108 valence electrons. The lowest BCUT2D eigenvalue weighted by molar-refractivity contribution is 0.414. The van der Waals surface area contributed by atoms with Gasteiger partial charge in [-0.1, -0.05) is 12.1 Å². The van der Waals surface area contributed by atoms with E-state index >= 15 is 0 Å². The zero-order valence-corrected chi connectivity index (χ0v) is 11.7. The minimum atomic E-state index is 0.625. The van der Waals surface area contributed by atoms with Crippen LogP contribution >= 0.6 is 0 Å². The van der Waals surface area contributed by atoms with Crippen LogP contribution in [0.1, 0.15) is 13.3 Å². The van der Waals surface area contributed by atoms with Gasteiger partial charge in [-0.05, 0) is 6.42 Å². The van der Waals surface area contributed by atoms with Gasteiger partial charge in [0, 0.05) is 19.3 Å². The molecule has 8 nitrogen and oxygen atoms in total. The van der Waals surface area contributed by atoms with Crippen LogP contribution in [0.15, 0.2) is 18.7 Å². The summed E-state index contributed by atoms with van der Waals surface area (Å²) < 4.78 is 7.12. The summed E-state index contributed by atoms with van der Waals surface area (Å²) in [5, 5.41) is 14.1. The predicted octanol–water partition coefficient (Wildman–Crippen LogP) is 1.01. The first-order chi connectivity index (χ1) is 9.85. The number of rotatable bonds is 8. The van der Waals surface area contributed by atoms with Gasteiger partial charge in [-0.25, -0.2) is 9.97 Å². The van der Waals surface area contributed by atoms with Crippen molar-refractivity contribution in [3.05, 3.63) is 18.7 Å². The summed E-state index contributed by atoms with van der Waals surface area (Å²) in [6.45, 7) is 4.30. The Hall–Kier alpha value is -2.38. The molecule has 0 atom stereocenters. The largest absolute Gasteiger partial charge is 0.490 e. The van der Waals surface area contributed by atoms with Crippen molar-refractivity contribution >= 4 is 11.6 Å². The smallest absolute Gasteiger partial charge is 0.204 e. The van der Waals surface area contributed by atoms with E-state index in [-0.39, 0.29) is 0 Å². The lowest BCUT2D eigenvalue weighted by atomic mass is 10.4. The molecular weight excluding hydrogens is 258 g/mol. The van der Waals surface area contributed by atoms with Gasteiger partial charge >= 0.3 is 0 Å². The maximum atomic E-state index is 5.38. The van der Waals surface area contributed by atoms with E-state index in [0.717, 1.165) is 13.0 Å². The lowest BCUT2D eigenvalue weighted by Crippen LogP contribution is -2.14. The maximum Gasteiger partial charge on any atom is 0.204 e. The van der Waals surface area contributed by atoms with Crippen LogP contribution < -0.4 is 15.4 Å². The van der Waals surface area contributed by atoms with Gasteiger partial charge in [0.1, 0.15) is 6.33 Å². The Balaban J connectivity index is 1.99. The van der Waals surface area contributed by atoms with Crippen LogP contribution in [-0.2, 0) is 6.54 Å². The van der Waals surface area contributed by atoms with Crippen LogP contribution in [0, 0.1) is 0 Å². The fraction of sp³-hybridized carbons (Fsp3) is 0.500. The molecule has 0 aliphatic carbocycles. The van der Waals surface area contributed by atoms with Gasteiger partial charge in [-0.3, -0.25) is 4.68 Å². The topological polar surface area (TPSA) is 89.8 Å². The maximum absolute atomic E-state index is 5.38. The van der Waals surface area contributed by atoms with Gasteiger partial charge < -0.3 is 15.4 Å². The Morgan fingerprint density at radius 1 is 1.20 bits per heavy atom. The molecule has 0 aromatic carbocycles. The lowest BCUT2D eigenvalue weighted by Gasteiger charge is -2.13. The Bertz CT molecular complexity index is 515. The van der Waals surface area contributed by atoms with E-state index < -0.39 is 0 Å². The molecule has 0 radical (unpaired) electrons. The van der Waals surface area contributed by atoms with Crippen LogP contribution in [0.3, 0.4) is 0 Å². The summed E-state index contributed by atoms with van der Waals surface area (Å²) in [7, 11) is 1.61. The van der Waals surface area contributed by atoms with Crippen molar-refractivity contribution in [2.45, 2.75) is 19.9 Å². The predicted molar refractivity (Wildman–Crippen MR) is 75.9 cm³/mol. The number of hydrogen-bond acceptors (Lipinski definition) is 7. The Kier molecular flexibility index (Phi) is 5.10. The first-order valence-corrected chi connectivity index (χ1v) is 6.56. The van der Waals surface area contributed by atoms with E-state index in [1.807, 2.05) is 6.20 Å². The fourth-order valence-corrected chi connectivity index (χ4v) is 1.70. The SMILES string of the molecule is CCCNc1ncnc(NCCn2ccnn2)c1OC. The summed E-state index contributed by atoms with van der Waals surface area (Å²) in [4.78, 5) is 8.40. The zero-order valence-electron chi connectivity index (χ0n) is 11.7. The van der Waals surface area contributed by atoms with Crippen molar-refractivity contribution in [3.63, 3.8) is 0 Å². The highest BCUT2D eigenvalue weighted by Gasteiger charge is 2.11. The third kappa shape index (κ3) is 3.56. The molecule has 0 aliphatic rings. The van der Waals surface area contributed by atoms with E-state index in [0.29, 0.717) is 30.5 Å². The number of anilines is 2. The molecule has 20 heavy (non-hydrogen) atoms. The molecule has 2 heterocycles. The minimum absolute atomic E-state index is 0.625. The number of hydrogen-bond donors (Lipinski definition) is 2. The number of methoxy groups -OCH3 is 1. The van der Waals surface area contributed by atoms with Crippen molar-refractivity contribution < 1.29 is 4.74 Å². The van der Waals surface area contributed by atoms with Crippen LogP contribution in [0.5, 0.6) is 5.75 Å². The normalized spacial score (nSPS) is 10.3. The second-order valence-electron chi connectivity index (χ2n) is 4.12. The van der Waals surface area contributed by atoms with Crippen molar-refractivity contribution in [1.82, 2.24) is 25.0 Å². The molecule has 0 spiro atoms. The van der Waals surface area contributed by atoms with Crippen LogP contribution in [0.25, 0.3) is 0 Å². The molecule has 0 unspecified atom stereocenters. The molecular formula is C12H19N7O. The summed E-state index contributed by atoms with van der Waals surface area (Å²) in [6, 6.07) is 0. The van der Waals surface area contributed by atoms with Crippen LogP contribution in [0.4, 0.5) is 11.6 Å². The second kappa shape index (κ2) is 7.27. The van der Waals surface area contributed by atoms with Gasteiger partial charge in [-0.15, -0.1) is 5.10 Å². The fourth-order valence-electron chi connectivity index (χ4n) is 1.70. The molecule has 0 amide bonds. The van der Waals surface area contributed by atoms with E-state index in [1.54, 1.807) is 18.0 Å². The highest BCUT2D eigenvalue weighted by atomic mass is 16.5. The molecule has 2 rings (SSSR count). The average molecular weight is 277 g/mol. The number of nitrogens with one attached hydrogen (secondary N) is 2. The van der Waals surface area contributed by atoms with Crippen molar-refractivity contribution in [3.8, 4) is 5.75 Å². The van der Waals surface area contributed by atoms with Crippen molar-refractivity contribution in [1.29, 1.82) is 0 Å². The summed E-state index contributed by atoms with van der Waals surface area (Å²) in [6.07, 6.45) is 5.99. The van der Waals surface area contributed by atoms with Gasteiger partial charge in [0.15, 0.2) is 11.6 Å². The molecule has 0 fully saturated rings. The molecule has 0 saturated carbocycles. The molecule has 0 saturated heterocycles. The Morgan fingerprint density at radius 2 is 1.95 bits per heavy atom. The third-order valence-corrected chi connectivity index (χ3v) is 2.66. The first-order valence-electron chi connectivity index (χ1n) is 6.56. The standard InChI is InChI=1S/C12H19N7O/c1-3-4-13-11-10(20-2)12(16-9-15-11)14-5-7-19-8-6-17-18-19/h6,8-9H,3-5,7H2,1-2H3,(H2,13,14,15,16). The van der Waals surface area contributed by atoms with E-state index in [4.69, 9.17) is 4.74 Å². The molecule has 0 aliphatic heterocycles. The van der Waals surface area contributed by atoms with Crippen LogP contribution in [0.2, 0.25) is 0 Å². The Morgan fingerprint density at radius 3 is 2.55 bits per heavy atom. The first kappa shape index (κ1) is 14.0. The highest BCUT2D eigenvalue weighted by Crippen LogP contribution is 2.28. The van der Waals surface area contributed by atoms with Gasteiger partial charge in [0.2, 0.25) is 5.75 Å². The molecule has 2 N–H and O–H groups in total. The van der Waals surface area contributed by atoms with E-state index in [1.165, 1.54) is 6.33 Å². The summed E-state index contributed by atoms with van der Waals surface area (Å²) in [5.74, 6) is 1.99. The number of ether oxygens (including phenoxy) is 1. The van der Waals surface area contributed by atoms with Crippen molar-refractivity contribution in [2.75, 3.05) is 30.8 Å². The summed E-state index contributed by atoms with van der Waals surface area (Å²) in [5.41, 5.74) is 0. The number of nitrogens with zero attached hydrogens (tertiary/aromatic N) is 5. The molecule has 2 aromatic heterocycles. The molecule has 0 bridgehead atoms. The second-order valence-corrected chi connectivity index (χ2v) is 4.12. The average Bonchev–Trinajstić information content (AvgIpc) is 2.98. The van der Waals surface area contributed by atoms with Gasteiger partial charge in [0.25, 0.3) is 0 Å². The zero-order chi connectivity index (χ0) is 14.2. The highest BCUT2D eigenvalue weighted by molar-refractivity contribution is 5.63. The third-order valence-electron chi connectivity index (χ3n) is 2.66. The van der Waals surface area contributed by atoms with Gasteiger partial charge in [0.05, 0.1) is 19.9 Å². The molecule has 2 aromatic rings. The Labute approximate surface area is 117 Å². The quantitative estimate of drug-likeness (QED) is 0.744.